The SMILES string of the molecule is Cn1c(=O)cc(N2CCN(CCc3ccc(F)cc3)CC2)[nH]c1=O. The van der Waals surface area contributed by atoms with Crippen LogP contribution in [-0.2, 0) is 13.5 Å². The van der Waals surface area contributed by atoms with E-state index >= 15 is 0 Å². The Labute approximate surface area is 139 Å². The quantitative estimate of drug-likeness (QED) is 0.890. The molecule has 0 bridgehead atoms. The fourth-order valence-electron chi connectivity index (χ4n) is 2.86. The highest BCUT2D eigenvalue weighted by Gasteiger charge is 2.18. The molecule has 2 heterocycles. The lowest BCUT2D eigenvalue weighted by atomic mass is 10.1. The van der Waals surface area contributed by atoms with Gasteiger partial charge in [0.2, 0.25) is 0 Å². The third-order valence-electron chi connectivity index (χ3n) is 4.47. The van der Waals surface area contributed by atoms with Crippen LogP contribution in [0.4, 0.5) is 10.2 Å². The average Bonchev–Trinajstić information content (AvgIpc) is 2.59. The molecule has 7 heteroatoms. The number of nitrogens with zero attached hydrogens (tertiary/aromatic N) is 3. The molecule has 1 aromatic carbocycles. The predicted octanol–water partition coefficient (Wildman–Crippen LogP) is 0.577. The van der Waals surface area contributed by atoms with Crippen LogP contribution in [-0.4, -0.2) is 47.2 Å². The van der Waals surface area contributed by atoms with Crippen molar-refractivity contribution in [3.8, 4) is 0 Å². The third-order valence-corrected chi connectivity index (χ3v) is 4.47. The van der Waals surface area contributed by atoms with Crippen molar-refractivity contribution in [1.82, 2.24) is 14.5 Å². The molecule has 1 fully saturated rings. The summed E-state index contributed by atoms with van der Waals surface area (Å²) in [6, 6.07) is 8.07. The number of H-pyrrole nitrogens is 1. The topological polar surface area (TPSA) is 61.3 Å². The molecule has 0 saturated carbocycles. The van der Waals surface area contributed by atoms with Crippen LogP contribution in [0.1, 0.15) is 5.56 Å². The Morgan fingerprint density at radius 3 is 2.38 bits per heavy atom. The van der Waals surface area contributed by atoms with Crippen molar-refractivity contribution in [1.29, 1.82) is 0 Å². The van der Waals surface area contributed by atoms with Gasteiger partial charge < -0.3 is 4.90 Å². The van der Waals surface area contributed by atoms with Crippen molar-refractivity contribution in [2.24, 2.45) is 7.05 Å². The van der Waals surface area contributed by atoms with Crippen LogP contribution in [0.5, 0.6) is 0 Å². The highest BCUT2D eigenvalue weighted by molar-refractivity contribution is 5.37. The fourth-order valence-corrected chi connectivity index (χ4v) is 2.86. The molecule has 0 atom stereocenters. The van der Waals surface area contributed by atoms with Crippen molar-refractivity contribution < 1.29 is 4.39 Å². The van der Waals surface area contributed by atoms with Crippen molar-refractivity contribution >= 4 is 5.82 Å². The molecule has 0 unspecified atom stereocenters. The molecular weight excluding hydrogens is 311 g/mol. The number of hydrogen-bond acceptors (Lipinski definition) is 4. The second-order valence-electron chi connectivity index (χ2n) is 6.06. The lowest BCUT2D eigenvalue weighted by Gasteiger charge is -2.35. The summed E-state index contributed by atoms with van der Waals surface area (Å²) in [6.07, 6.45) is 0.878. The van der Waals surface area contributed by atoms with Gasteiger partial charge in [-0.05, 0) is 24.1 Å². The van der Waals surface area contributed by atoms with E-state index in [0.717, 1.165) is 49.3 Å². The highest BCUT2D eigenvalue weighted by Crippen LogP contribution is 2.11. The summed E-state index contributed by atoms with van der Waals surface area (Å²) < 4.78 is 14.0. The van der Waals surface area contributed by atoms with Crippen LogP contribution >= 0.6 is 0 Å². The first kappa shape index (κ1) is 16.4. The summed E-state index contributed by atoms with van der Waals surface area (Å²) in [7, 11) is 1.46. The molecule has 0 amide bonds. The lowest BCUT2D eigenvalue weighted by molar-refractivity contribution is 0.260. The smallest absolute Gasteiger partial charge is 0.329 e. The van der Waals surface area contributed by atoms with E-state index in [2.05, 4.69) is 9.88 Å². The zero-order valence-electron chi connectivity index (χ0n) is 13.7. The summed E-state index contributed by atoms with van der Waals surface area (Å²) in [5.74, 6) is 0.372. The van der Waals surface area contributed by atoms with Crippen LogP contribution in [0.25, 0.3) is 0 Å². The summed E-state index contributed by atoms with van der Waals surface area (Å²) in [6.45, 7) is 4.14. The van der Waals surface area contributed by atoms with Crippen molar-refractivity contribution in [2.75, 3.05) is 37.6 Å². The lowest BCUT2D eigenvalue weighted by Crippen LogP contribution is -2.48. The maximum Gasteiger partial charge on any atom is 0.329 e. The summed E-state index contributed by atoms with van der Waals surface area (Å²) in [5, 5.41) is 0. The minimum Gasteiger partial charge on any atom is -0.355 e. The van der Waals surface area contributed by atoms with Crippen molar-refractivity contribution in [3.63, 3.8) is 0 Å². The second-order valence-corrected chi connectivity index (χ2v) is 6.06. The van der Waals surface area contributed by atoms with Gasteiger partial charge in [0.1, 0.15) is 11.6 Å². The van der Waals surface area contributed by atoms with Crippen LogP contribution in [0.15, 0.2) is 39.9 Å². The Morgan fingerprint density at radius 1 is 1.08 bits per heavy atom. The van der Waals surface area contributed by atoms with E-state index in [4.69, 9.17) is 0 Å². The molecule has 0 spiro atoms. The van der Waals surface area contributed by atoms with E-state index in [9.17, 15) is 14.0 Å². The molecule has 2 aromatic rings. The normalized spacial score (nSPS) is 15.7. The van der Waals surface area contributed by atoms with Crippen molar-refractivity contribution in [2.45, 2.75) is 6.42 Å². The van der Waals surface area contributed by atoms with Gasteiger partial charge in [0.25, 0.3) is 5.56 Å². The molecule has 1 aliphatic heterocycles. The summed E-state index contributed by atoms with van der Waals surface area (Å²) >= 11 is 0. The maximum atomic E-state index is 12.9. The number of anilines is 1. The molecular formula is C17H21FN4O2. The molecule has 1 aromatic heterocycles. The number of nitrogens with one attached hydrogen (secondary N) is 1. The number of aromatic nitrogens is 2. The average molecular weight is 332 g/mol. The Bertz CT molecular complexity index is 773. The molecule has 1 N–H and O–H groups in total. The summed E-state index contributed by atoms with van der Waals surface area (Å²) in [5.41, 5.74) is 0.429. The van der Waals surface area contributed by atoms with E-state index in [-0.39, 0.29) is 11.4 Å². The number of aromatic amines is 1. The van der Waals surface area contributed by atoms with Gasteiger partial charge in [-0.3, -0.25) is 19.2 Å². The zero-order chi connectivity index (χ0) is 17.1. The third kappa shape index (κ3) is 3.73. The minimum atomic E-state index is -0.392. The van der Waals surface area contributed by atoms with Crippen LogP contribution in [0, 0.1) is 5.82 Å². The number of hydrogen-bond donors (Lipinski definition) is 1. The fraction of sp³-hybridized carbons (Fsp3) is 0.412. The molecule has 1 saturated heterocycles. The van der Waals surface area contributed by atoms with E-state index in [0.29, 0.717) is 5.82 Å². The Morgan fingerprint density at radius 2 is 1.75 bits per heavy atom. The van der Waals surface area contributed by atoms with E-state index in [1.54, 1.807) is 0 Å². The molecule has 0 aliphatic carbocycles. The number of piperazine rings is 1. The molecule has 0 radical (unpaired) electrons. The van der Waals surface area contributed by atoms with Gasteiger partial charge in [-0.2, -0.15) is 0 Å². The zero-order valence-corrected chi connectivity index (χ0v) is 13.7. The van der Waals surface area contributed by atoms with Gasteiger partial charge in [-0.15, -0.1) is 0 Å². The first-order valence-corrected chi connectivity index (χ1v) is 8.05. The Kier molecular flexibility index (Phi) is 4.80. The van der Waals surface area contributed by atoms with Gasteiger partial charge >= 0.3 is 5.69 Å². The Hall–Kier alpha value is -2.41. The predicted molar refractivity (Wildman–Crippen MR) is 91.1 cm³/mol. The first-order chi connectivity index (χ1) is 11.5. The number of rotatable bonds is 4. The number of benzene rings is 1. The van der Waals surface area contributed by atoms with Gasteiger partial charge in [0.15, 0.2) is 0 Å². The van der Waals surface area contributed by atoms with Crippen LogP contribution < -0.4 is 16.1 Å². The molecule has 24 heavy (non-hydrogen) atoms. The monoisotopic (exact) mass is 332 g/mol. The Balaban J connectivity index is 1.55. The van der Waals surface area contributed by atoms with E-state index < -0.39 is 5.69 Å². The van der Waals surface area contributed by atoms with Gasteiger partial charge in [0, 0.05) is 45.8 Å². The van der Waals surface area contributed by atoms with Gasteiger partial charge in [-0.1, -0.05) is 12.1 Å². The van der Waals surface area contributed by atoms with Gasteiger partial charge in [0.05, 0.1) is 0 Å². The molecule has 3 rings (SSSR count). The van der Waals surface area contributed by atoms with Crippen molar-refractivity contribution in [3.05, 3.63) is 62.6 Å². The van der Waals surface area contributed by atoms with E-state index in [1.165, 1.54) is 25.2 Å². The number of halogens is 1. The molecule has 1 aliphatic rings. The van der Waals surface area contributed by atoms with E-state index in [1.807, 2.05) is 17.0 Å². The maximum absolute atomic E-state index is 12.9. The second kappa shape index (κ2) is 7.00. The van der Waals surface area contributed by atoms with Gasteiger partial charge in [-0.25, -0.2) is 9.18 Å². The molecule has 6 nitrogen and oxygen atoms in total. The first-order valence-electron chi connectivity index (χ1n) is 8.05. The van der Waals surface area contributed by atoms with Crippen LogP contribution in [0.3, 0.4) is 0 Å². The standard InChI is InChI=1S/C17H21FN4O2/c1-20-16(23)12-15(19-17(20)24)22-10-8-21(9-11-22)7-6-13-2-4-14(18)5-3-13/h2-5,12H,6-11H2,1H3,(H,19,24). The largest absolute Gasteiger partial charge is 0.355 e. The molecule has 128 valence electrons. The van der Waals surface area contributed by atoms with Crippen LogP contribution in [0.2, 0.25) is 0 Å². The highest BCUT2D eigenvalue weighted by atomic mass is 19.1. The minimum absolute atomic E-state index is 0.213. The summed E-state index contributed by atoms with van der Waals surface area (Å²) in [4.78, 5) is 30.5.